The van der Waals surface area contributed by atoms with Crippen LogP contribution in [0.1, 0.15) is 0 Å². The summed E-state index contributed by atoms with van der Waals surface area (Å²) in [5, 5.41) is 7.32. The van der Waals surface area contributed by atoms with Crippen molar-refractivity contribution in [2.24, 2.45) is 0 Å². The van der Waals surface area contributed by atoms with E-state index in [0.29, 0.717) is 17.5 Å². The standard InChI is InChI=1S/C53H33N3S/c1-2-11-34(12-3-1)35-23-25-37(26-24-35)51-54-52(56-53(55-51)46-20-9-14-36-13-4-5-17-44(36)46)43-16-8-15-38(33-43)39-27-28-41-32-42(30-29-40(41)31-39)45-19-10-22-49-50(45)47-18-6-7-21-48(47)57-49/h1-33H. The summed E-state index contributed by atoms with van der Waals surface area (Å²) >= 11 is 1.86. The van der Waals surface area contributed by atoms with Crippen LogP contribution in [0.2, 0.25) is 0 Å². The summed E-state index contributed by atoms with van der Waals surface area (Å²) < 4.78 is 2.64. The first kappa shape index (κ1) is 33.1. The summed E-state index contributed by atoms with van der Waals surface area (Å²) in [7, 11) is 0. The number of rotatable bonds is 6. The lowest BCUT2D eigenvalue weighted by Gasteiger charge is -2.12. The van der Waals surface area contributed by atoms with Gasteiger partial charge in [0.2, 0.25) is 0 Å². The van der Waals surface area contributed by atoms with E-state index in [1.165, 1.54) is 47.6 Å². The third kappa shape index (κ3) is 6.04. The Morgan fingerprint density at radius 2 is 0.807 bits per heavy atom. The molecule has 57 heavy (non-hydrogen) atoms. The maximum atomic E-state index is 5.15. The Morgan fingerprint density at radius 3 is 1.67 bits per heavy atom. The Hall–Kier alpha value is -7.27. The van der Waals surface area contributed by atoms with Gasteiger partial charge in [0.15, 0.2) is 17.5 Å². The average Bonchev–Trinajstić information content (AvgIpc) is 3.68. The van der Waals surface area contributed by atoms with Gasteiger partial charge in [0.1, 0.15) is 0 Å². The molecule has 0 aliphatic carbocycles. The zero-order valence-corrected chi connectivity index (χ0v) is 31.6. The molecule has 266 valence electrons. The predicted molar refractivity (Wildman–Crippen MR) is 240 cm³/mol. The van der Waals surface area contributed by atoms with Crippen LogP contribution in [0.25, 0.3) is 109 Å². The van der Waals surface area contributed by atoms with E-state index in [9.17, 15) is 0 Å². The number of nitrogens with zero attached hydrogens (tertiary/aromatic N) is 3. The molecule has 0 amide bonds. The van der Waals surface area contributed by atoms with Crippen molar-refractivity contribution in [3.8, 4) is 67.5 Å². The molecule has 0 radical (unpaired) electrons. The molecule has 0 N–H and O–H groups in total. The van der Waals surface area contributed by atoms with E-state index in [4.69, 9.17) is 15.0 Å². The van der Waals surface area contributed by atoms with Gasteiger partial charge in [-0.1, -0.05) is 170 Å². The molecule has 0 bridgehead atoms. The molecule has 2 aromatic heterocycles. The number of thiophene rings is 1. The Balaban J connectivity index is 0.986. The highest BCUT2D eigenvalue weighted by Gasteiger charge is 2.16. The zero-order chi connectivity index (χ0) is 37.7. The van der Waals surface area contributed by atoms with Crippen molar-refractivity contribution < 1.29 is 0 Å². The molecule has 0 fully saturated rings. The Labute approximate surface area is 334 Å². The SMILES string of the molecule is c1ccc(-c2ccc(-c3nc(-c4cccc(-c5ccc6cc(-c7cccc8sc9ccccc9c78)ccc6c5)c4)nc(-c4cccc5ccccc45)n3)cc2)cc1. The average molecular weight is 744 g/mol. The summed E-state index contributed by atoms with van der Waals surface area (Å²) in [6, 6.07) is 71.1. The minimum Gasteiger partial charge on any atom is -0.208 e. The van der Waals surface area contributed by atoms with Crippen molar-refractivity contribution in [2.45, 2.75) is 0 Å². The molecule has 0 spiro atoms. The first-order valence-electron chi connectivity index (χ1n) is 19.2. The monoisotopic (exact) mass is 743 g/mol. The van der Waals surface area contributed by atoms with Gasteiger partial charge in [0, 0.05) is 36.9 Å². The second kappa shape index (κ2) is 13.8. The second-order valence-electron chi connectivity index (χ2n) is 14.4. The van der Waals surface area contributed by atoms with Crippen LogP contribution in [0.5, 0.6) is 0 Å². The van der Waals surface area contributed by atoms with Crippen LogP contribution in [0.3, 0.4) is 0 Å². The highest BCUT2D eigenvalue weighted by molar-refractivity contribution is 7.25. The Bertz CT molecular complexity index is 3290. The van der Waals surface area contributed by atoms with E-state index in [1.807, 2.05) is 17.4 Å². The van der Waals surface area contributed by atoms with Crippen LogP contribution >= 0.6 is 11.3 Å². The summed E-state index contributed by atoms with van der Waals surface area (Å²) in [6.45, 7) is 0. The molecular weight excluding hydrogens is 711 g/mol. The van der Waals surface area contributed by atoms with Crippen LogP contribution in [0.4, 0.5) is 0 Å². The maximum absolute atomic E-state index is 5.15. The summed E-state index contributed by atoms with van der Waals surface area (Å²) in [6.07, 6.45) is 0. The van der Waals surface area contributed by atoms with Gasteiger partial charge in [-0.15, -0.1) is 11.3 Å². The van der Waals surface area contributed by atoms with Crippen molar-refractivity contribution in [3.05, 3.63) is 200 Å². The van der Waals surface area contributed by atoms with Crippen LogP contribution in [-0.2, 0) is 0 Å². The molecule has 3 nitrogen and oxygen atoms in total. The molecule has 0 atom stereocenters. The largest absolute Gasteiger partial charge is 0.208 e. The number of benzene rings is 9. The zero-order valence-electron chi connectivity index (χ0n) is 30.8. The van der Waals surface area contributed by atoms with Gasteiger partial charge in [-0.2, -0.15) is 0 Å². The summed E-state index contributed by atoms with van der Waals surface area (Å²) in [5.74, 6) is 1.93. The Kier molecular flexibility index (Phi) is 8.01. The molecule has 4 heteroatoms. The minimum atomic E-state index is 0.637. The quantitative estimate of drug-likeness (QED) is 0.170. The molecule has 11 aromatic rings. The van der Waals surface area contributed by atoms with Crippen LogP contribution in [0, 0.1) is 0 Å². The van der Waals surface area contributed by atoms with Gasteiger partial charge in [-0.3, -0.25) is 0 Å². The summed E-state index contributed by atoms with van der Waals surface area (Å²) in [4.78, 5) is 15.4. The predicted octanol–water partition coefficient (Wildman–Crippen LogP) is 14.5. The lowest BCUT2D eigenvalue weighted by molar-refractivity contribution is 1.08. The lowest BCUT2D eigenvalue weighted by atomic mass is 9.95. The van der Waals surface area contributed by atoms with Crippen LogP contribution in [-0.4, -0.2) is 15.0 Å². The van der Waals surface area contributed by atoms with Gasteiger partial charge >= 0.3 is 0 Å². The van der Waals surface area contributed by atoms with E-state index in [2.05, 4.69) is 194 Å². The maximum Gasteiger partial charge on any atom is 0.164 e. The first-order chi connectivity index (χ1) is 28.2. The normalized spacial score (nSPS) is 11.5. The van der Waals surface area contributed by atoms with Crippen molar-refractivity contribution in [3.63, 3.8) is 0 Å². The fourth-order valence-electron chi connectivity index (χ4n) is 8.06. The van der Waals surface area contributed by atoms with Crippen molar-refractivity contribution >= 4 is 53.1 Å². The van der Waals surface area contributed by atoms with Crippen LogP contribution < -0.4 is 0 Å². The van der Waals surface area contributed by atoms with E-state index in [-0.39, 0.29) is 0 Å². The summed E-state index contributed by atoms with van der Waals surface area (Å²) in [5.41, 5.74) is 9.93. The van der Waals surface area contributed by atoms with E-state index in [0.717, 1.165) is 44.2 Å². The van der Waals surface area contributed by atoms with Crippen molar-refractivity contribution in [1.82, 2.24) is 15.0 Å². The third-order valence-electron chi connectivity index (χ3n) is 10.9. The van der Waals surface area contributed by atoms with Gasteiger partial charge in [0.25, 0.3) is 0 Å². The third-order valence-corrected chi connectivity index (χ3v) is 12.1. The van der Waals surface area contributed by atoms with Crippen molar-refractivity contribution in [1.29, 1.82) is 0 Å². The molecule has 0 saturated heterocycles. The fourth-order valence-corrected chi connectivity index (χ4v) is 9.20. The smallest absolute Gasteiger partial charge is 0.164 e. The first-order valence-corrected chi connectivity index (χ1v) is 20.0. The molecule has 0 saturated carbocycles. The highest BCUT2D eigenvalue weighted by Crippen LogP contribution is 2.41. The molecule has 11 rings (SSSR count). The number of hydrogen-bond donors (Lipinski definition) is 0. The molecule has 0 aliphatic heterocycles. The molecule has 0 unspecified atom stereocenters. The van der Waals surface area contributed by atoms with Gasteiger partial charge in [-0.05, 0) is 85.3 Å². The van der Waals surface area contributed by atoms with E-state index < -0.39 is 0 Å². The number of fused-ring (bicyclic) bond motifs is 5. The Morgan fingerprint density at radius 1 is 0.281 bits per heavy atom. The van der Waals surface area contributed by atoms with E-state index >= 15 is 0 Å². The molecule has 0 aliphatic rings. The molecule has 2 heterocycles. The fraction of sp³-hybridized carbons (Fsp3) is 0. The van der Waals surface area contributed by atoms with Gasteiger partial charge in [0.05, 0.1) is 0 Å². The van der Waals surface area contributed by atoms with Crippen molar-refractivity contribution in [2.75, 3.05) is 0 Å². The second-order valence-corrected chi connectivity index (χ2v) is 15.5. The molecular formula is C53H33N3S. The van der Waals surface area contributed by atoms with E-state index in [1.54, 1.807) is 0 Å². The minimum absolute atomic E-state index is 0.637. The lowest BCUT2D eigenvalue weighted by Crippen LogP contribution is -2.00. The van der Waals surface area contributed by atoms with Gasteiger partial charge in [-0.25, -0.2) is 15.0 Å². The van der Waals surface area contributed by atoms with Gasteiger partial charge < -0.3 is 0 Å². The number of aromatic nitrogens is 3. The number of hydrogen-bond acceptors (Lipinski definition) is 4. The topological polar surface area (TPSA) is 38.7 Å². The molecule has 9 aromatic carbocycles. The van der Waals surface area contributed by atoms with Crippen LogP contribution in [0.15, 0.2) is 200 Å². The highest BCUT2D eigenvalue weighted by atomic mass is 32.1.